The van der Waals surface area contributed by atoms with Crippen molar-refractivity contribution in [2.45, 2.75) is 37.3 Å². The van der Waals surface area contributed by atoms with Crippen LogP contribution in [0.1, 0.15) is 48.9 Å². The van der Waals surface area contributed by atoms with E-state index in [2.05, 4.69) is 10.3 Å². The Kier molecular flexibility index (Phi) is 9.58. The van der Waals surface area contributed by atoms with Gasteiger partial charge in [0.25, 0.3) is 15.0 Å². The van der Waals surface area contributed by atoms with Crippen LogP contribution in [-0.2, 0) is 24.2 Å². The molecular formula is C34H33ClN4O4S. The Hall–Kier alpha value is -4.31. The summed E-state index contributed by atoms with van der Waals surface area (Å²) in [6.45, 7) is 4.52. The van der Waals surface area contributed by atoms with Gasteiger partial charge in [0.15, 0.2) is 5.03 Å². The molecule has 0 unspecified atom stereocenters. The highest BCUT2D eigenvalue weighted by molar-refractivity contribution is 8.13. The molecule has 0 radical (unpaired) electrons. The van der Waals surface area contributed by atoms with Gasteiger partial charge in [-0.3, -0.25) is 14.6 Å². The Balaban J connectivity index is 1.78. The predicted octanol–water partition coefficient (Wildman–Crippen LogP) is 6.79. The minimum Gasteiger partial charge on any atom is -0.343 e. The Morgan fingerprint density at radius 2 is 1.50 bits per heavy atom. The second-order valence-corrected chi connectivity index (χ2v) is 12.7. The number of fused-ring (bicyclic) bond motifs is 1. The normalized spacial score (nSPS) is 14.2. The summed E-state index contributed by atoms with van der Waals surface area (Å²) >= 11 is 0. The number of benzene rings is 3. The van der Waals surface area contributed by atoms with Gasteiger partial charge in [0.05, 0.1) is 12.3 Å². The van der Waals surface area contributed by atoms with Crippen molar-refractivity contribution in [3.8, 4) is 0 Å². The summed E-state index contributed by atoms with van der Waals surface area (Å²) in [6.07, 6.45) is 3.89. The molecule has 1 N–H and O–H groups in total. The third kappa shape index (κ3) is 6.60. The van der Waals surface area contributed by atoms with Crippen LogP contribution in [-0.4, -0.2) is 43.4 Å². The number of pyridine rings is 1. The summed E-state index contributed by atoms with van der Waals surface area (Å²) in [6, 6.07) is 31.2. The molecule has 0 saturated heterocycles. The average Bonchev–Trinajstić information content (AvgIpc) is 3.22. The fourth-order valence-corrected chi connectivity index (χ4v) is 6.00. The lowest BCUT2D eigenvalue weighted by Crippen LogP contribution is -2.34. The lowest BCUT2D eigenvalue weighted by Gasteiger charge is -2.33. The summed E-state index contributed by atoms with van der Waals surface area (Å²) in [7, 11) is 1.55. The molecule has 0 aliphatic carbocycles. The van der Waals surface area contributed by atoms with Crippen LogP contribution in [0.25, 0.3) is 6.08 Å². The summed E-state index contributed by atoms with van der Waals surface area (Å²) in [4.78, 5) is 29.1. The number of nitrogens with zero attached hydrogens (tertiary/aromatic N) is 3. The number of aromatic nitrogens is 1. The lowest BCUT2D eigenvalue weighted by molar-refractivity contribution is -0.180. The van der Waals surface area contributed by atoms with Gasteiger partial charge in [-0.1, -0.05) is 97.9 Å². The summed E-state index contributed by atoms with van der Waals surface area (Å²) in [5.41, 5.74) is 3.03. The molecule has 0 spiro atoms. The first-order valence-electron chi connectivity index (χ1n) is 14.4. The molecule has 5 rings (SSSR count). The molecule has 1 aromatic heterocycles. The van der Waals surface area contributed by atoms with Crippen LogP contribution in [0.15, 0.2) is 119 Å². The van der Waals surface area contributed by atoms with Crippen molar-refractivity contribution in [3.63, 3.8) is 0 Å². The van der Waals surface area contributed by atoms with E-state index in [0.29, 0.717) is 42.2 Å². The number of amidine groups is 1. The van der Waals surface area contributed by atoms with Crippen molar-refractivity contribution in [1.82, 2.24) is 10.0 Å². The van der Waals surface area contributed by atoms with Crippen molar-refractivity contribution < 1.29 is 18.0 Å². The molecule has 0 saturated carbocycles. The second kappa shape index (κ2) is 13.5. The first-order chi connectivity index (χ1) is 21.3. The van der Waals surface area contributed by atoms with E-state index in [4.69, 9.17) is 20.5 Å². The van der Waals surface area contributed by atoms with E-state index in [9.17, 15) is 13.2 Å². The molecule has 226 valence electrons. The molecule has 0 bridgehead atoms. The SMILES string of the molecule is CCCN(OCC)C(=O)C1=Cc2cnc(S(=O)(=O)Cl)cc2NC(=NC(c2ccccc2)(c2ccccc2)c2ccccc2)C1. The van der Waals surface area contributed by atoms with Crippen molar-refractivity contribution in [2.24, 2.45) is 4.99 Å². The molecule has 44 heavy (non-hydrogen) atoms. The maximum absolute atomic E-state index is 13.9. The van der Waals surface area contributed by atoms with Gasteiger partial charge in [-0.2, -0.15) is 0 Å². The smallest absolute Gasteiger partial charge is 0.278 e. The number of hydroxylamine groups is 2. The number of anilines is 1. The summed E-state index contributed by atoms with van der Waals surface area (Å²) < 4.78 is 24.5. The quantitative estimate of drug-likeness (QED) is 0.118. The Morgan fingerprint density at radius 1 is 0.955 bits per heavy atom. The van der Waals surface area contributed by atoms with E-state index in [1.54, 1.807) is 6.08 Å². The van der Waals surface area contributed by atoms with E-state index in [1.165, 1.54) is 17.3 Å². The molecule has 10 heteroatoms. The van der Waals surface area contributed by atoms with Gasteiger partial charge in [0.1, 0.15) is 11.4 Å². The zero-order valence-corrected chi connectivity index (χ0v) is 26.1. The maximum atomic E-state index is 13.9. The maximum Gasteiger partial charge on any atom is 0.278 e. The largest absolute Gasteiger partial charge is 0.343 e. The number of amides is 1. The molecule has 1 amide bonds. The number of hydrogen-bond donors (Lipinski definition) is 1. The molecule has 3 aromatic carbocycles. The van der Waals surface area contributed by atoms with Gasteiger partial charge < -0.3 is 5.32 Å². The highest BCUT2D eigenvalue weighted by atomic mass is 35.7. The van der Waals surface area contributed by atoms with E-state index < -0.39 is 14.6 Å². The van der Waals surface area contributed by atoms with Crippen LogP contribution in [0.5, 0.6) is 0 Å². The van der Waals surface area contributed by atoms with Gasteiger partial charge in [0.2, 0.25) is 0 Å². The molecular weight excluding hydrogens is 596 g/mol. The topological polar surface area (TPSA) is 101 Å². The Morgan fingerprint density at radius 3 is 1.98 bits per heavy atom. The second-order valence-electron chi connectivity index (χ2n) is 10.2. The number of carbonyl (C=O) groups excluding carboxylic acids is 1. The zero-order chi connectivity index (χ0) is 31.2. The van der Waals surface area contributed by atoms with Crippen LogP contribution < -0.4 is 5.32 Å². The van der Waals surface area contributed by atoms with Gasteiger partial charge in [-0.05, 0) is 36.1 Å². The highest BCUT2D eigenvalue weighted by Crippen LogP contribution is 2.41. The van der Waals surface area contributed by atoms with E-state index in [0.717, 1.165) is 16.7 Å². The number of hydrogen-bond acceptors (Lipinski definition) is 6. The number of rotatable bonds is 10. The Labute approximate surface area is 262 Å². The zero-order valence-electron chi connectivity index (χ0n) is 24.5. The summed E-state index contributed by atoms with van der Waals surface area (Å²) in [5, 5.41) is 4.40. The minimum atomic E-state index is -4.12. The molecule has 0 fully saturated rings. The van der Waals surface area contributed by atoms with Crippen LogP contribution in [0.4, 0.5) is 5.69 Å². The molecule has 8 nitrogen and oxygen atoms in total. The van der Waals surface area contributed by atoms with Gasteiger partial charge in [-0.15, -0.1) is 0 Å². The molecule has 1 aliphatic heterocycles. The number of halogens is 1. The van der Waals surface area contributed by atoms with Crippen molar-refractivity contribution in [3.05, 3.63) is 131 Å². The number of carbonyl (C=O) groups is 1. The third-order valence-electron chi connectivity index (χ3n) is 7.22. The van der Waals surface area contributed by atoms with E-state index >= 15 is 0 Å². The number of aliphatic imine (C=N–C) groups is 1. The fraction of sp³-hybridized carbons (Fsp3) is 0.206. The van der Waals surface area contributed by atoms with Crippen molar-refractivity contribution in [1.29, 1.82) is 0 Å². The van der Waals surface area contributed by atoms with Gasteiger partial charge in [0, 0.05) is 47.0 Å². The highest BCUT2D eigenvalue weighted by Gasteiger charge is 2.37. The molecule has 0 atom stereocenters. The van der Waals surface area contributed by atoms with Crippen LogP contribution in [0.2, 0.25) is 0 Å². The predicted molar refractivity (Wildman–Crippen MR) is 174 cm³/mol. The number of nitrogens with one attached hydrogen (secondary N) is 1. The Bertz CT molecular complexity index is 1680. The molecule has 2 heterocycles. The molecule has 1 aliphatic rings. The summed E-state index contributed by atoms with van der Waals surface area (Å²) in [5.74, 6) is 0.131. The first kappa shape index (κ1) is 31.1. The third-order valence-corrected chi connectivity index (χ3v) is 8.41. The van der Waals surface area contributed by atoms with Gasteiger partial charge in [-0.25, -0.2) is 18.5 Å². The van der Waals surface area contributed by atoms with E-state index in [1.807, 2.05) is 105 Å². The van der Waals surface area contributed by atoms with Crippen LogP contribution in [0, 0.1) is 0 Å². The average molecular weight is 629 g/mol. The molecule has 4 aromatic rings. The standard InChI is InChI=1S/C34H33ClN4O4S/c1-3-20-39(43-4-2)33(40)25-21-26-24-36-32(44(35,41)42)23-30(26)37-31(22-25)38-34(27-14-8-5-9-15-27,28-16-10-6-11-17-28)29-18-12-7-13-19-29/h5-19,21,23-24H,3-4,20,22H2,1-2H3,(H,37,38). The monoisotopic (exact) mass is 628 g/mol. The minimum absolute atomic E-state index is 0.109. The fourth-order valence-electron chi connectivity index (χ4n) is 5.30. The van der Waals surface area contributed by atoms with Crippen molar-refractivity contribution in [2.75, 3.05) is 18.5 Å². The van der Waals surface area contributed by atoms with Crippen LogP contribution >= 0.6 is 10.7 Å². The lowest BCUT2D eigenvalue weighted by atomic mass is 9.77. The first-order valence-corrected chi connectivity index (χ1v) is 16.7. The van der Waals surface area contributed by atoms with Crippen LogP contribution in [0.3, 0.4) is 0 Å². The van der Waals surface area contributed by atoms with E-state index in [-0.39, 0.29) is 17.4 Å². The van der Waals surface area contributed by atoms with Gasteiger partial charge >= 0.3 is 0 Å². The van der Waals surface area contributed by atoms with Crippen molar-refractivity contribution >= 4 is 43.2 Å².